The van der Waals surface area contributed by atoms with Gasteiger partial charge in [0.15, 0.2) is 0 Å². The van der Waals surface area contributed by atoms with Crippen molar-refractivity contribution in [2.45, 2.75) is 24.9 Å². The van der Waals surface area contributed by atoms with Gasteiger partial charge in [-0.2, -0.15) is 0 Å². The van der Waals surface area contributed by atoms with Crippen LogP contribution < -0.4 is 5.32 Å². The van der Waals surface area contributed by atoms with Crippen molar-refractivity contribution in [3.63, 3.8) is 0 Å². The average molecular weight is 180 g/mol. The molecule has 0 spiro atoms. The first-order chi connectivity index (χ1) is 5.86. The Kier molecular flexibility index (Phi) is 1.29. The summed E-state index contributed by atoms with van der Waals surface area (Å²) < 4.78 is 0. The molecule has 3 rings (SSSR count). The van der Waals surface area contributed by atoms with Crippen LogP contribution >= 0.6 is 11.6 Å². The van der Waals surface area contributed by atoms with Crippen molar-refractivity contribution < 1.29 is 0 Å². The first-order valence-electron chi connectivity index (χ1n) is 4.40. The van der Waals surface area contributed by atoms with Crippen LogP contribution in [0.4, 0.5) is 0 Å². The number of fused-ring (bicyclic) bond motifs is 5. The highest BCUT2D eigenvalue weighted by molar-refractivity contribution is 6.31. The SMILES string of the molecule is Clc1cccc2c1C1CCC2N1. The third-order valence-electron chi connectivity index (χ3n) is 2.96. The molecule has 2 atom stereocenters. The maximum Gasteiger partial charge on any atom is 0.0457 e. The number of rotatable bonds is 0. The van der Waals surface area contributed by atoms with Crippen LogP contribution in [0.2, 0.25) is 5.02 Å². The Morgan fingerprint density at radius 1 is 1.25 bits per heavy atom. The number of nitrogens with one attached hydrogen (secondary N) is 1. The van der Waals surface area contributed by atoms with E-state index >= 15 is 0 Å². The third kappa shape index (κ3) is 0.732. The molecular formula is C10H10ClN. The Morgan fingerprint density at radius 3 is 2.92 bits per heavy atom. The molecule has 1 N–H and O–H groups in total. The molecule has 0 aliphatic carbocycles. The molecule has 1 aromatic carbocycles. The minimum atomic E-state index is 0.540. The maximum atomic E-state index is 6.12. The van der Waals surface area contributed by atoms with Crippen molar-refractivity contribution in [2.24, 2.45) is 0 Å². The van der Waals surface area contributed by atoms with Gasteiger partial charge in [0.05, 0.1) is 0 Å². The molecule has 2 bridgehead atoms. The molecule has 0 aromatic heterocycles. The number of hydrogen-bond acceptors (Lipinski definition) is 1. The number of hydrogen-bond donors (Lipinski definition) is 1. The molecule has 1 nitrogen and oxygen atoms in total. The minimum absolute atomic E-state index is 0.540. The Labute approximate surface area is 76.7 Å². The van der Waals surface area contributed by atoms with Crippen LogP contribution in [-0.4, -0.2) is 0 Å². The van der Waals surface area contributed by atoms with E-state index in [4.69, 9.17) is 11.6 Å². The topological polar surface area (TPSA) is 12.0 Å². The number of benzene rings is 1. The largest absolute Gasteiger partial charge is 0.303 e. The van der Waals surface area contributed by atoms with Gasteiger partial charge in [0.2, 0.25) is 0 Å². The van der Waals surface area contributed by atoms with Crippen LogP contribution in [0.1, 0.15) is 36.1 Å². The number of halogens is 1. The lowest BCUT2D eigenvalue weighted by molar-refractivity contribution is 0.639. The predicted octanol–water partition coefficient (Wildman–Crippen LogP) is 2.82. The first kappa shape index (κ1) is 6.93. The zero-order valence-corrected chi connectivity index (χ0v) is 7.43. The van der Waals surface area contributed by atoms with E-state index in [2.05, 4.69) is 11.4 Å². The Bertz CT molecular complexity index is 335. The van der Waals surface area contributed by atoms with Gasteiger partial charge in [-0.1, -0.05) is 23.7 Å². The average Bonchev–Trinajstić information content (AvgIpc) is 2.64. The van der Waals surface area contributed by atoms with Crippen molar-refractivity contribution in [3.8, 4) is 0 Å². The van der Waals surface area contributed by atoms with Crippen molar-refractivity contribution in [3.05, 3.63) is 34.3 Å². The van der Waals surface area contributed by atoms with E-state index in [1.54, 1.807) is 0 Å². The monoisotopic (exact) mass is 179 g/mol. The lowest BCUT2D eigenvalue weighted by atomic mass is 9.92. The Morgan fingerprint density at radius 2 is 2.08 bits per heavy atom. The quantitative estimate of drug-likeness (QED) is 0.646. The van der Waals surface area contributed by atoms with Crippen LogP contribution in [0.3, 0.4) is 0 Å². The first-order valence-corrected chi connectivity index (χ1v) is 4.78. The summed E-state index contributed by atoms with van der Waals surface area (Å²) in [6, 6.07) is 7.35. The predicted molar refractivity (Wildman–Crippen MR) is 49.3 cm³/mol. The van der Waals surface area contributed by atoms with Gasteiger partial charge in [-0.25, -0.2) is 0 Å². The van der Waals surface area contributed by atoms with Gasteiger partial charge in [-0.15, -0.1) is 0 Å². The molecule has 0 saturated carbocycles. The van der Waals surface area contributed by atoms with Gasteiger partial charge >= 0.3 is 0 Å². The second kappa shape index (κ2) is 2.24. The maximum absolute atomic E-state index is 6.12. The van der Waals surface area contributed by atoms with Crippen LogP contribution in [0.5, 0.6) is 0 Å². The minimum Gasteiger partial charge on any atom is -0.303 e. The normalized spacial score (nSPS) is 30.8. The van der Waals surface area contributed by atoms with Crippen molar-refractivity contribution in [2.75, 3.05) is 0 Å². The van der Waals surface area contributed by atoms with Crippen molar-refractivity contribution >= 4 is 11.6 Å². The highest BCUT2D eigenvalue weighted by Gasteiger charge is 2.37. The van der Waals surface area contributed by atoms with Crippen LogP contribution in [0.25, 0.3) is 0 Å². The second-order valence-corrected chi connectivity index (χ2v) is 4.00. The lowest BCUT2D eigenvalue weighted by Gasteiger charge is -2.13. The van der Waals surface area contributed by atoms with Gasteiger partial charge in [-0.05, 0) is 30.0 Å². The van der Waals surface area contributed by atoms with E-state index in [9.17, 15) is 0 Å². The fourth-order valence-electron chi connectivity index (χ4n) is 2.44. The summed E-state index contributed by atoms with van der Waals surface area (Å²) in [5, 5.41) is 4.49. The third-order valence-corrected chi connectivity index (χ3v) is 3.29. The summed E-state index contributed by atoms with van der Waals surface area (Å²) >= 11 is 6.12. The molecule has 2 heterocycles. The Hall–Kier alpha value is -0.530. The van der Waals surface area contributed by atoms with Crippen LogP contribution in [-0.2, 0) is 0 Å². The van der Waals surface area contributed by atoms with E-state index in [0.29, 0.717) is 12.1 Å². The van der Waals surface area contributed by atoms with Crippen molar-refractivity contribution in [1.29, 1.82) is 0 Å². The summed E-state index contributed by atoms with van der Waals surface area (Å²) in [5.74, 6) is 0. The molecular weight excluding hydrogens is 170 g/mol. The fraction of sp³-hybridized carbons (Fsp3) is 0.400. The van der Waals surface area contributed by atoms with Crippen molar-refractivity contribution in [1.82, 2.24) is 5.32 Å². The van der Waals surface area contributed by atoms with Crippen LogP contribution in [0.15, 0.2) is 18.2 Å². The second-order valence-electron chi connectivity index (χ2n) is 3.59. The molecule has 2 aliphatic heterocycles. The molecule has 2 unspecified atom stereocenters. The zero-order valence-electron chi connectivity index (χ0n) is 6.68. The summed E-state index contributed by atoms with van der Waals surface area (Å²) in [6.45, 7) is 0. The van der Waals surface area contributed by atoms with E-state index in [0.717, 1.165) is 5.02 Å². The van der Waals surface area contributed by atoms with E-state index in [1.807, 2.05) is 12.1 Å². The molecule has 1 fully saturated rings. The molecule has 2 aliphatic rings. The Balaban J connectivity index is 2.26. The van der Waals surface area contributed by atoms with E-state index in [-0.39, 0.29) is 0 Å². The van der Waals surface area contributed by atoms with Gasteiger partial charge in [0.1, 0.15) is 0 Å². The van der Waals surface area contributed by atoms with E-state index in [1.165, 1.54) is 24.0 Å². The molecule has 1 aromatic rings. The molecule has 0 amide bonds. The molecule has 62 valence electrons. The highest BCUT2D eigenvalue weighted by atomic mass is 35.5. The summed E-state index contributed by atoms with van der Waals surface area (Å²) in [4.78, 5) is 0. The molecule has 1 saturated heterocycles. The zero-order chi connectivity index (χ0) is 8.13. The molecule has 0 radical (unpaired) electrons. The smallest absolute Gasteiger partial charge is 0.0457 e. The lowest BCUT2D eigenvalue weighted by Crippen LogP contribution is -2.06. The fourth-order valence-corrected chi connectivity index (χ4v) is 2.75. The van der Waals surface area contributed by atoms with Crippen LogP contribution in [0, 0.1) is 0 Å². The summed E-state index contributed by atoms with van der Waals surface area (Å²) in [6.07, 6.45) is 2.53. The molecule has 2 heteroatoms. The van der Waals surface area contributed by atoms with Gasteiger partial charge in [0.25, 0.3) is 0 Å². The standard InChI is InChI=1S/C10H10ClN/c11-7-3-1-2-6-8-4-5-9(12-8)10(6)7/h1-3,8-9,12H,4-5H2. The molecule has 12 heavy (non-hydrogen) atoms. The van der Waals surface area contributed by atoms with Gasteiger partial charge < -0.3 is 5.32 Å². The van der Waals surface area contributed by atoms with Gasteiger partial charge in [0, 0.05) is 17.1 Å². The van der Waals surface area contributed by atoms with Gasteiger partial charge in [-0.3, -0.25) is 0 Å². The summed E-state index contributed by atoms with van der Waals surface area (Å²) in [5.41, 5.74) is 2.79. The highest BCUT2D eigenvalue weighted by Crippen LogP contribution is 2.47. The summed E-state index contributed by atoms with van der Waals surface area (Å²) in [7, 11) is 0. The van der Waals surface area contributed by atoms with E-state index < -0.39 is 0 Å².